The summed E-state index contributed by atoms with van der Waals surface area (Å²) in [5.74, 6) is -1.00. The van der Waals surface area contributed by atoms with Gasteiger partial charge in [0.25, 0.3) is 5.91 Å². The van der Waals surface area contributed by atoms with Gasteiger partial charge in [-0.15, -0.1) is 0 Å². The van der Waals surface area contributed by atoms with E-state index in [1.807, 2.05) is 24.3 Å². The van der Waals surface area contributed by atoms with Gasteiger partial charge in [-0.25, -0.2) is 4.39 Å². The van der Waals surface area contributed by atoms with Gasteiger partial charge >= 0.3 is 0 Å². The fraction of sp³-hybridized carbons (Fsp3) is 0.292. The van der Waals surface area contributed by atoms with Gasteiger partial charge in [0, 0.05) is 12.5 Å². The van der Waals surface area contributed by atoms with E-state index in [1.54, 1.807) is 24.1 Å². The minimum Gasteiger partial charge on any atom is -0.502 e. The molecule has 0 spiro atoms. The Hall–Kier alpha value is -3.68. The van der Waals surface area contributed by atoms with Crippen molar-refractivity contribution in [2.75, 3.05) is 13.7 Å². The van der Waals surface area contributed by atoms with Crippen molar-refractivity contribution in [2.45, 2.75) is 30.8 Å². The van der Waals surface area contributed by atoms with Crippen molar-refractivity contribution in [1.82, 2.24) is 14.7 Å². The fourth-order valence-electron chi connectivity index (χ4n) is 5.04. The molecule has 7 nitrogen and oxygen atoms in total. The van der Waals surface area contributed by atoms with Gasteiger partial charge in [-0.1, -0.05) is 24.3 Å². The molecule has 1 fully saturated rings. The van der Waals surface area contributed by atoms with E-state index in [4.69, 9.17) is 4.74 Å². The third-order valence-electron chi connectivity index (χ3n) is 6.45. The number of benzene rings is 2. The number of amides is 1. The number of carbonyl (C=O) groups excluding carboxylic acids is 1. The van der Waals surface area contributed by atoms with Crippen LogP contribution in [0.4, 0.5) is 4.39 Å². The van der Waals surface area contributed by atoms with E-state index in [0.29, 0.717) is 12.3 Å². The Bertz CT molecular complexity index is 1240. The van der Waals surface area contributed by atoms with Crippen LogP contribution >= 0.6 is 0 Å². The van der Waals surface area contributed by atoms with Crippen LogP contribution in [0, 0.1) is 5.82 Å². The third kappa shape index (κ3) is 3.14. The number of hydrogen-bond donors (Lipinski definition) is 1. The lowest BCUT2D eigenvalue weighted by molar-refractivity contribution is 0.0565. The fourth-order valence-corrected chi connectivity index (χ4v) is 5.04. The molecule has 0 radical (unpaired) electrons. The molecule has 0 saturated carbocycles. The predicted molar refractivity (Wildman–Crippen MR) is 114 cm³/mol. The van der Waals surface area contributed by atoms with Crippen molar-refractivity contribution in [1.29, 1.82) is 0 Å². The van der Waals surface area contributed by atoms with Gasteiger partial charge in [-0.3, -0.25) is 14.3 Å². The second-order valence-corrected chi connectivity index (χ2v) is 8.16. The van der Waals surface area contributed by atoms with Gasteiger partial charge in [0.1, 0.15) is 11.6 Å². The highest BCUT2D eigenvalue weighted by Gasteiger charge is 2.48. The van der Waals surface area contributed by atoms with Gasteiger partial charge in [-0.05, 0) is 48.2 Å². The number of carbonyl (C=O) groups is 1. The van der Waals surface area contributed by atoms with Crippen LogP contribution in [0.15, 0.2) is 59.5 Å². The molecule has 2 aliphatic heterocycles. The number of methoxy groups -OCH3 is 1. The Labute approximate surface area is 183 Å². The van der Waals surface area contributed by atoms with Crippen LogP contribution in [0.3, 0.4) is 0 Å². The number of fused-ring (bicyclic) bond motifs is 2. The van der Waals surface area contributed by atoms with Crippen LogP contribution in [0.2, 0.25) is 0 Å². The number of nitrogens with zero attached hydrogens (tertiary/aromatic N) is 3. The zero-order chi connectivity index (χ0) is 22.4. The summed E-state index contributed by atoms with van der Waals surface area (Å²) in [6.45, 7) is 0.538. The molecule has 0 aliphatic carbocycles. The first kappa shape index (κ1) is 20.2. The topological polar surface area (TPSA) is 84.7 Å². The Balaban J connectivity index is 1.77. The van der Waals surface area contributed by atoms with Gasteiger partial charge < -0.3 is 14.7 Å². The Morgan fingerprint density at radius 1 is 1.16 bits per heavy atom. The molecular weight excluding hydrogens is 413 g/mol. The van der Waals surface area contributed by atoms with E-state index in [2.05, 4.69) is 5.10 Å². The first-order chi connectivity index (χ1) is 15.5. The number of ether oxygens (including phenoxy) is 1. The summed E-state index contributed by atoms with van der Waals surface area (Å²) in [5.41, 5.74) is 0.932. The average Bonchev–Trinajstić information content (AvgIpc) is 3.30. The minimum absolute atomic E-state index is 0.101. The molecule has 2 aliphatic rings. The van der Waals surface area contributed by atoms with Crippen molar-refractivity contribution in [3.05, 3.63) is 87.6 Å². The number of rotatable bonds is 4. The second kappa shape index (κ2) is 7.78. The molecular formula is C24H22FN3O4. The van der Waals surface area contributed by atoms with E-state index in [0.717, 1.165) is 30.2 Å². The molecule has 3 atom stereocenters. The van der Waals surface area contributed by atoms with E-state index in [1.165, 1.54) is 16.8 Å². The van der Waals surface area contributed by atoms with Crippen molar-refractivity contribution < 1.29 is 19.0 Å². The van der Waals surface area contributed by atoms with E-state index < -0.39 is 23.1 Å². The molecule has 1 aromatic heterocycles. The molecule has 164 valence electrons. The van der Waals surface area contributed by atoms with Gasteiger partial charge in [-0.2, -0.15) is 5.10 Å². The third-order valence-corrected chi connectivity index (χ3v) is 6.45. The first-order valence-corrected chi connectivity index (χ1v) is 10.5. The SMILES string of the molecule is COc1cccc([C@@H](c2ccc(F)cc2)[C@H]2[C@H]3CCCN3C(=O)c3c(O)c(=O)cnn32)c1. The Morgan fingerprint density at radius 3 is 2.69 bits per heavy atom. The van der Waals surface area contributed by atoms with Crippen LogP contribution in [-0.2, 0) is 0 Å². The van der Waals surface area contributed by atoms with E-state index >= 15 is 0 Å². The van der Waals surface area contributed by atoms with Crippen LogP contribution in [-0.4, -0.2) is 45.4 Å². The molecule has 2 aromatic carbocycles. The van der Waals surface area contributed by atoms with Crippen LogP contribution in [0.5, 0.6) is 11.5 Å². The van der Waals surface area contributed by atoms with Crippen molar-refractivity contribution in [3.63, 3.8) is 0 Å². The highest BCUT2D eigenvalue weighted by molar-refractivity contribution is 5.96. The average molecular weight is 435 g/mol. The largest absolute Gasteiger partial charge is 0.502 e. The predicted octanol–water partition coefficient (Wildman–Crippen LogP) is 3.09. The molecule has 1 saturated heterocycles. The summed E-state index contributed by atoms with van der Waals surface area (Å²) in [5, 5.41) is 14.8. The van der Waals surface area contributed by atoms with Crippen LogP contribution in [0.1, 0.15) is 46.4 Å². The lowest BCUT2D eigenvalue weighted by Crippen LogP contribution is -2.50. The summed E-state index contributed by atoms with van der Waals surface area (Å²) in [6.07, 6.45) is 2.60. The quantitative estimate of drug-likeness (QED) is 0.681. The van der Waals surface area contributed by atoms with Gasteiger partial charge in [0.15, 0.2) is 11.4 Å². The monoisotopic (exact) mass is 435 g/mol. The van der Waals surface area contributed by atoms with E-state index in [9.17, 15) is 19.1 Å². The van der Waals surface area contributed by atoms with Gasteiger partial charge in [0.05, 0.1) is 25.4 Å². The standard InChI is InChI=1S/C24H22FN3O4/c1-32-17-5-2-4-15(12-17)20(14-7-9-16(25)10-8-14)21-18-6-3-11-27(18)24(31)22-23(30)19(29)13-26-28(21)22/h2,4-5,7-10,12-13,18,20-21,30H,3,6,11H2,1H3/t18-,20-,21-/m1/s1. The Kier molecular flexibility index (Phi) is 4.92. The number of aromatic nitrogens is 2. The maximum atomic E-state index is 13.8. The summed E-state index contributed by atoms with van der Waals surface area (Å²) in [7, 11) is 1.59. The number of halogens is 1. The second-order valence-electron chi connectivity index (χ2n) is 8.16. The number of hydrogen-bond acceptors (Lipinski definition) is 5. The zero-order valence-corrected chi connectivity index (χ0v) is 17.4. The Morgan fingerprint density at radius 2 is 1.94 bits per heavy atom. The molecule has 32 heavy (non-hydrogen) atoms. The highest BCUT2D eigenvalue weighted by Crippen LogP contribution is 2.46. The van der Waals surface area contributed by atoms with Crippen molar-refractivity contribution in [3.8, 4) is 11.5 Å². The van der Waals surface area contributed by atoms with Gasteiger partial charge in [0.2, 0.25) is 5.43 Å². The summed E-state index contributed by atoms with van der Waals surface area (Å²) in [6, 6.07) is 13.2. The molecule has 0 bridgehead atoms. The van der Waals surface area contributed by atoms with E-state index in [-0.39, 0.29) is 23.5 Å². The van der Waals surface area contributed by atoms with Crippen molar-refractivity contribution in [2.24, 2.45) is 0 Å². The lowest BCUT2D eigenvalue weighted by Gasteiger charge is -2.42. The van der Waals surface area contributed by atoms with Crippen LogP contribution < -0.4 is 10.2 Å². The maximum absolute atomic E-state index is 13.8. The normalized spacial score (nSPS) is 20.6. The lowest BCUT2D eigenvalue weighted by atomic mass is 9.80. The molecule has 8 heteroatoms. The molecule has 5 rings (SSSR count). The number of aromatic hydroxyl groups is 1. The molecule has 1 N–H and O–H groups in total. The minimum atomic E-state index is -0.694. The summed E-state index contributed by atoms with van der Waals surface area (Å²) >= 11 is 0. The zero-order valence-electron chi connectivity index (χ0n) is 17.4. The smallest absolute Gasteiger partial charge is 0.276 e. The van der Waals surface area contributed by atoms with Crippen molar-refractivity contribution >= 4 is 5.91 Å². The van der Waals surface area contributed by atoms with Crippen LogP contribution in [0.25, 0.3) is 0 Å². The first-order valence-electron chi connectivity index (χ1n) is 10.5. The highest BCUT2D eigenvalue weighted by atomic mass is 19.1. The summed E-state index contributed by atoms with van der Waals surface area (Å²) in [4.78, 5) is 27.0. The summed E-state index contributed by atoms with van der Waals surface area (Å²) < 4.78 is 20.7. The molecule has 3 aromatic rings. The molecule has 0 unspecified atom stereocenters. The molecule has 1 amide bonds. The molecule has 3 heterocycles. The maximum Gasteiger partial charge on any atom is 0.276 e.